The first-order valence-corrected chi connectivity index (χ1v) is 8.73. The van der Waals surface area contributed by atoms with Gasteiger partial charge in [0, 0.05) is 6.54 Å². The third-order valence-corrected chi connectivity index (χ3v) is 4.96. The van der Waals surface area contributed by atoms with Crippen LogP contribution in [0.1, 0.15) is 41.5 Å². The van der Waals surface area contributed by atoms with Crippen molar-refractivity contribution in [2.45, 2.75) is 31.2 Å². The first-order valence-electron chi connectivity index (χ1n) is 8.73. The lowest BCUT2D eigenvalue weighted by molar-refractivity contribution is -0.123. The van der Waals surface area contributed by atoms with Crippen molar-refractivity contribution in [3.63, 3.8) is 0 Å². The lowest BCUT2D eigenvalue weighted by atomic mass is 9.82. The van der Waals surface area contributed by atoms with Gasteiger partial charge in [0.1, 0.15) is 0 Å². The molecule has 2 aromatic carbocycles. The molecule has 0 fully saturated rings. The fraction of sp³-hybridized carbons (Fsp3) is 0.381. The zero-order chi connectivity index (χ0) is 16.9. The van der Waals surface area contributed by atoms with E-state index < -0.39 is 0 Å². The molecular weight excluding hydrogens is 296 g/mol. The van der Waals surface area contributed by atoms with Gasteiger partial charge in [-0.25, -0.2) is 0 Å². The zero-order valence-electron chi connectivity index (χ0n) is 14.5. The zero-order valence-corrected chi connectivity index (χ0v) is 14.5. The molecule has 0 bridgehead atoms. The molecule has 1 aliphatic rings. The van der Waals surface area contributed by atoms with Gasteiger partial charge in [0.25, 0.3) is 0 Å². The van der Waals surface area contributed by atoms with Crippen LogP contribution in [0.3, 0.4) is 0 Å². The molecule has 2 atom stereocenters. The molecule has 0 aliphatic heterocycles. The second kappa shape index (κ2) is 7.63. The summed E-state index contributed by atoms with van der Waals surface area (Å²) < 4.78 is 0. The van der Waals surface area contributed by atoms with Gasteiger partial charge in [0.2, 0.25) is 5.91 Å². The van der Waals surface area contributed by atoms with Crippen molar-refractivity contribution >= 4 is 5.91 Å². The molecule has 1 aliphatic carbocycles. The summed E-state index contributed by atoms with van der Waals surface area (Å²) in [6, 6.07) is 18.9. The van der Waals surface area contributed by atoms with Crippen LogP contribution in [0, 0.1) is 0 Å². The van der Waals surface area contributed by atoms with Gasteiger partial charge in [0.05, 0.1) is 12.0 Å². The van der Waals surface area contributed by atoms with E-state index in [4.69, 9.17) is 0 Å². The molecule has 0 heterocycles. The molecule has 3 heteroatoms. The summed E-state index contributed by atoms with van der Waals surface area (Å²) >= 11 is 0. The number of amides is 1. The first-order chi connectivity index (χ1) is 11.7. The second-order valence-electron chi connectivity index (χ2n) is 6.78. The largest absolute Gasteiger partial charge is 0.354 e. The van der Waals surface area contributed by atoms with Crippen LogP contribution in [0.5, 0.6) is 0 Å². The highest BCUT2D eigenvalue weighted by atomic mass is 16.1. The van der Waals surface area contributed by atoms with Gasteiger partial charge in [-0.15, -0.1) is 0 Å². The number of benzene rings is 2. The maximum Gasteiger partial charge on any atom is 0.227 e. The minimum atomic E-state index is -0.00599. The quantitative estimate of drug-likeness (QED) is 0.913. The van der Waals surface area contributed by atoms with Gasteiger partial charge in [-0.3, -0.25) is 4.79 Å². The fourth-order valence-corrected chi connectivity index (χ4v) is 3.62. The Bertz CT molecular complexity index is 681. The molecular formula is C21H26N2O. The molecule has 2 aromatic rings. The van der Waals surface area contributed by atoms with E-state index in [9.17, 15) is 4.79 Å². The Kier molecular flexibility index (Phi) is 5.31. The molecule has 126 valence electrons. The molecule has 1 amide bonds. The fourth-order valence-electron chi connectivity index (χ4n) is 3.62. The third kappa shape index (κ3) is 3.68. The molecule has 0 saturated carbocycles. The van der Waals surface area contributed by atoms with E-state index in [1.165, 1.54) is 16.7 Å². The normalized spacial score (nSPS) is 18.0. The van der Waals surface area contributed by atoms with Crippen LogP contribution in [-0.4, -0.2) is 31.4 Å². The number of fused-ring (bicyclic) bond motifs is 1. The number of nitrogens with one attached hydrogen (secondary N) is 1. The number of likely N-dealkylation sites (N-methyl/N-ethyl adjacent to an activating group) is 1. The monoisotopic (exact) mass is 322 g/mol. The molecule has 24 heavy (non-hydrogen) atoms. The molecule has 0 aromatic heterocycles. The third-order valence-electron chi connectivity index (χ3n) is 4.96. The summed E-state index contributed by atoms with van der Waals surface area (Å²) in [5.74, 6) is 0.151. The van der Waals surface area contributed by atoms with E-state index in [0.29, 0.717) is 6.54 Å². The number of nitrogens with zero attached hydrogens (tertiary/aromatic N) is 1. The van der Waals surface area contributed by atoms with E-state index >= 15 is 0 Å². The van der Waals surface area contributed by atoms with Crippen molar-refractivity contribution in [2.24, 2.45) is 0 Å². The van der Waals surface area contributed by atoms with Crippen LogP contribution in [0.25, 0.3) is 0 Å². The highest BCUT2D eigenvalue weighted by molar-refractivity contribution is 5.84. The van der Waals surface area contributed by atoms with Crippen molar-refractivity contribution in [3.05, 3.63) is 71.3 Å². The van der Waals surface area contributed by atoms with Crippen molar-refractivity contribution in [1.82, 2.24) is 10.2 Å². The summed E-state index contributed by atoms with van der Waals surface area (Å²) in [6.45, 7) is 0.633. The van der Waals surface area contributed by atoms with Crippen LogP contribution >= 0.6 is 0 Å². The van der Waals surface area contributed by atoms with Crippen LogP contribution in [0.4, 0.5) is 0 Å². The van der Waals surface area contributed by atoms with Gasteiger partial charge < -0.3 is 10.2 Å². The lowest BCUT2D eigenvalue weighted by Gasteiger charge is -2.28. The van der Waals surface area contributed by atoms with Gasteiger partial charge >= 0.3 is 0 Å². The Balaban J connectivity index is 1.69. The number of carbonyl (C=O) groups is 1. The summed E-state index contributed by atoms with van der Waals surface area (Å²) in [7, 11) is 4.11. The SMILES string of the molecule is CN(C)[C@H](CNC(=O)[C@H]1CCCc2ccccc21)c1ccccc1. The summed E-state index contributed by atoms with van der Waals surface area (Å²) in [5, 5.41) is 3.19. The average molecular weight is 322 g/mol. The predicted octanol–water partition coefficient (Wildman–Crippen LogP) is 3.53. The Morgan fingerprint density at radius 2 is 1.83 bits per heavy atom. The van der Waals surface area contributed by atoms with Gasteiger partial charge in [-0.2, -0.15) is 0 Å². The molecule has 1 N–H and O–H groups in total. The van der Waals surface area contributed by atoms with Crippen LogP contribution in [0.15, 0.2) is 54.6 Å². The summed E-state index contributed by atoms with van der Waals surface area (Å²) in [4.78, 5) is 14.9. The smallest absolute Gasteiger partial charge is 0.227 e. The Morgan fingerprint density at radius 1 is 1.12 bits per heavy atom. The van der Waals surface area contributed by atoms with Gasteiger partial charge in [0.15, 0.2) is 0 Å². The maximum absolute atomic E-state index is 12.8. The van der Waals surface area contributed by atoms with Crippen LogP contribution in [-0.2, 0) is 11.2 Å². The van der Waals surface area contributed by atoms with Crippen molar-refractivity contribution in [3.8, 4) is 0 Å². The highest BCUT2D eigenvalue weighted by Gasteiger charge is 2.26. The maximum atomic E-state index is 12.8. The molecule has 0 saturated heterocycles. The molecule has 3 rings (SSSR count). The van der Waals surface area contributed by atoms with Crippen LogP contribution < -0.4 is 5.32 Å². The van der Waals surface area contributed by atoms with Crippen molar-refractivity contribution in [1.29, 1.82) is 0 Å². The van der Waals surface area contributed by atoms with E-state index in [-0.39, 0.29) is 17.9 Å². The van der Waals surface area contributed by atoms with Crippen molar-refractivity contribution in [2.75, 3.05) is 20.6 Å². The first kappa shape index (κ1) is 16.7. The number of hydrogen-bond acceptors (Lipinski definition) is 2. The minimum Gasteiger partial charge on any atom is -0.354 e. The number of hydrogen-bond donors (Lipinski definition) is 1. The Morgan fingerprint density at radius 3 is 2.58 bits per heavy atom. The van der Waals surface area contributed by atoms with Gasteiger partial charge in [-0.05, 0) is 50.0 Å². The van der Waals surface area contributed by atoms with E-state index in [0.717, 1.165) is 19.3 Å². The van der Waals surface area contributed by atoms with E-state index in [1.54, 1.807) is 0 Å². The lowest BCUT2D eigenvalue weighted by Crippen LogP contribution is -2.37. The van der Waals surface area contributed by atoms with Crippen molar-refractivity contribution < 1.29 is 4.79 Å². The summed E-state index contributed by atoms with van der Waals surface area (Å²) in [5.41, 5.74) is 3.77. The average Bonchev–Trinajstić information content (AvgIpc) is 2.62. The Labute approximate surface area is 144 Å². The minimum absolute atomic E-state index is 0.00599. The van der Waals surface area contributed by atoms with E-state index in [2.05, 4.69) is 54.6 Å². The number of carbonyl (C=O) groups excluding carboxylic acids is 1. The predicted molar refractivity (Wildman–Crippen MR) is 98.0 cm³/mol. The molecule has 0 radical (unpaired) electrons. The van der Waals surface area contributed by atoms with Crippen LogP contribution in [0.2, 0.25) is 0 Å². The molecule has 0 spiro atoms. The second-order valence-corrected chi connectivity index (χ2v) is 6.78. The summed E-state index contributed by atoms with van der Waals surface area (Å²) in [6.07, 6.45) is 3.12. The highest BCUT2D eigenvalue weighted by Crippen LogP contribution is 2.31. The van der Waals surface area contributed by atoms with Gasteiger partial charge in [-0.1, -0.05) is 54.6 Å². The molecule has 0 unspecified atom stereocenters. The van der Waals surface area contributed by atoms with E-state index in [1.807, 2.05) is 24.3 Å². The standard InChI is InChI=1S/C21H26N2O/c1-23(2)20(17-10-4-3-5-11-17)15-22-21(24)19-14-8-12-16-9-6-7-13-18(16)19/h3-7,9-11,13,19-20H,8,12,14-15H2,1-2H3,(H,22,24)/t19-,20+/m0/s1. The topological polar surface area (TPSA) is 32.3 Å². The molecule has 3 nitrogen and oxygen atoms in total. The number of rotatable bonds is 5. The Hall–Kier alpha value is -2.13. The number of aryl methyl sites for hydroxylation is 1.